The highest BCUT2D eigenvalue weighted by molar-refractivity contribution is 6.30. The predicted octanol–water partition coefficient (Wildman–Crippen LogP) is 5.74. The minimum absolute atomic E-state index is 0.200. The van der Waals surface area contributed by atoms with Crippen LogP contribution in [0.1, 0.15) is 28.5 Å². The van der Waals surface area contributed by atoms with Crippen LogP contribution in [0.2, 0.25) is 5.02 Å². The van der Waals surface area contributed by atoms with Crippen molar-refractivity contribution in [3.63, 3.8) is 0 Å². The first kappa shape index (κ1) is 23.7. The molecule has 1 aliphatic rings. The second kappa shape index (κ2) is 10.7. The van der Waals surface area contributed by atoms with E-state index in [4.69, 9.17) is 25.8 Å². The average Bonchev–Trinajstić information content (AvgIpc) is 3.39. The summed E-state index contributed by atoms with van der Waals surface area (Å²) >= 11 is 6.33. The number of carbonyl (C=O) groups is 1. The quantitative estimate of drug-likeness (QED) is 0.258. The van der Waals surface area contributed by atoms with Crippen molar-refractivity contribution in [3.8, 4) is 17.2 Å². The Morgan fingerprint density at radius 2 is 1.83 bits per heavy atom. The first-order valence-corrected chi connectivity index (χ1v) is 11.9. The lowest BCUT2D eigenvalue weighted by molar-refractivity contribution is -0.138. The Bertz CT molecular complexity index is 1400. The lowest BCUT2D eigenvalue weighted by atomic mass is 9.98. The maximum absolute atomic E-state index is 12.3. The maximum atomic E-state index is 12.3. The molecule has 0 spiro atoms. The molecule has 0 bridgehead atoms. The molecule has 0 aliphatic carbocycles. The summed E-state index contributed by atoms with van der Waals surface area (Å²) in [6.07, 6.45) is 3.90. The van der Waals surface area contributed by atoms with Crippen LogP contribution in [0.25, 0.3) is 11.8 Å². The largest absolute Gasteiger partial charge is 0.486 e. The number of halogens is 1. The first-order valence-electron chi connectivity index (χ1n) is 11.5. The maximum Gasteiger partial charge on any atom is 0.331 e. The molecule has 6 nitrogen and oxygen atoms in total. The number of rotatable bonds is 7. The number of para-hydroxylation sites is 1. The molecule has 36 heavy (non-hydrogen) atoms. The van der Waals surface area contributed by atoms with Crippen LogP contribution in [-0.2, 0) is 16.1 Å². The highest BCUT2D eigenvalue weighted by Crippen LogP contribution is 2.41. The van der Waals surface area contributed by atoms with Gasteiger partial charge in [0.15, 0.2) is 11.5 Å². The normalized spacial score (nSPS) is 13.5. The van der Waals surface area contributed by atoms with Crippen LogP contribution in [0.3, 0.4) is 0 Å². The smallest absolute Gasteiger partial charge is 0.331 e. The number of hydrogen-bond acceptors (Lipinski definition) is 5. The molecule has 182 valence electrons. The summed E-state index contributed by atoms with van der Waals surface area (Å²) in [6, 6.07) is 24.0. The van der Waals surface area contributed by atoms with E-state index in [1.165, 1.54) is 6.08 Å². The van der Waals surface area contributed by atoms with Crippen molar-refractivity contribution >= 4 is 23.6 Å². The van der Waals surface area contributed by atoms with Crippen molar-refractivity contribution in [2.75, 3.05) is 13.2 Å². The number of aliphatic hydroxyl groups excluding tert-OH is 1. The SMILES string of the molecule is O=C(/C=C/c1cccn1-c1ccc(Cl)cc1C(O)c1cccc2c1OCCO2)OCc1ccccc1. The lowest BCUT2D eigenvalue weighted by Crippen LogP contribution is -2.18. The summed E-state index contributed by atoms with van der Waals surface area (Å²) in [7, 11) is 0. The zero-order valence-electron chi connectivity index (χ0n) is 19.3. The Morgan fingerprint density at radius 3 is 2.69 bits per heavy atom. The van der Waals surface area contributed by atoms with Crippen LogP contribution in [0, 0.1) is 0 Å². The van der Waals surface area contributed by atoms with Gasteiger partial charge in [0.05, 0.1) is 5.69 Å². The van der Waals surface area contributed by atoms with E-state index in [9.17, 15) is 9.90 Å². The number of aromatic nitrogens is 1. The molecule has 5 rings (SSSR count). The van der Waals surface area contributed by atoms with Crippen molar-refractivity contribution in [3.05, 3.63) is 119 Å². The van der Waals surface area contributed by atoms with Crippen molar-refractivity contribution in [2.24, 2.45) is 0 Å². The molecular weight excluding hydrogens is 478 g/mol. The van der Waals surface area contributed by atoms with Crippen LogP contribution >= 0.6 is 11.6 Å². The number of carbonyl (C=O) groups excluding carboxylic acids is 1. The molecule has 0 fully saturated rings. The predicted molar refractivity (Wildman–Crippen MR) is 138 cm³/mol. The monoisotopic (exact) mass is 501 g/mol. The van der Waals surface area contributed by atoms with Crippen LogP contribution < -0.4 is 9.47 Å². The number of ether oxygens (including phenoxy) is 3. The van der Waals surface area contributed by atoms with Crippen LogP contribution in [0.15, 0.2) is 91.1 Å². The van der Waals surface area contributed by atoms with Gasteiger partial charge in [0, 0.05) is 34.1 Å². The molecule has 1 atom stereocenters. The van der Waals surface area contributed by atoms with Gasteiger partial charge in [-0.1, -0.05) is 54.1 Å². The zero-order valence-corrected chi connectivity index (χ0v) is 20.1. The lowest BCUT2D eigenvalue weighted by Gasteiger charge is -2.24. The van der Waals surface area contributed by atoms with E-state index in [2.05, 4.69) is 0 Å². The Hall–Kier alpha value is -4.00. The summed E-state index contributed by atoms with van der Waals surface area (Å²) in [5.74, 6) is 0.673. The summed E-state index contributed by atoms with van der Waals surface area (Å²) < 4.78 is 18.7. The number of nitrogens with zero attached hydrogens (tertiary/aromatic N) is 1. The molecule has 0 saturated carbocycles. The summed E-state index contributed by atoms with van der Waals surface area (Å²) in [6.45, 7) is 1.07. The first-order chi connectivity index (χ1) is 17.6. The molecule has 0 amide bonds. The highest BCUT2D eigenvalue weighted by atomic mass is 35.5. The number of hydrogen-bond donors (Lipinski definition) is 1. The molecule has 1 aliphatic heterocycles. The summed E-state index contributed by atoms with van der Waals surface area (Å²) in [4.78, 5) is 12.3. The molecule has 1 N–H and O–H groups in total. The molecule has 3 aromatic carbocycles. The fraction of sp³-hybridized carbons (Fsp3) is 0.138. The molecule has 0 saturated heterocycles. The summed E-state index contributed by atoms with van der Waals surface area (Å²) in [5.41, 5.74) is 3.53. The van der Waals surface area contributed by atoms with Crippen LogP contribution in [-0.4, -0.2) is 28.9 Å². The number of benzene rings is 3. The van der Waals surface area contributed by atoms with E-state index in [0.29, 0.717) is 46.5 Å². The van der Waals surface area contributed by atoms with Crippen molar-refractivity contribution in [2.45, 2.75) is 12.7 Å². The third kappa shape index (κ3) is 5.15. The standard InChI is InChI=1S/C29H24ClNO5/c30-21-11-13-25(24(18-21)28(33)23-9-4-10-26-29(23)35-17-16-34-26)31-15-5-8-22(31)12-14-27(32)36-19-20-6-2-1-3-7-20/h1-15,18,28,33H,16-17,19H2/b14-12+. The van der Waals surface area contributed by atoms with Gasteiger partial charge >= 0.3 is 5.97 Å². The molecular formula is C29H24ClNO5. The van der Waals surface area contributed by atoms with Gasteiger partial charge in [-0.15, -0.1) is 0 Å². The fourth-order valence-electron chi connectivity index (χ4n) is 4.12. The van der Waals surface area contributed by atoms with Gasteiger partial charge in [0.25, 0.3) is 0 Å². The van der Waals surface area contributed by atoms with E-state index in [1.54, 1.807) is 18.2 Å². The summed E-state index contributed by atoms with van der Waals surface area (Å²) in [5, 5.41) is 11.9. The topological polar surface area (TPSA) is 69.9 Å². The Kier molecular flexibility index (Phi) is 7.07. The van der Waals surface area contributed by atoms with Gasteiger partial charge < -0.3 is 23.9 Å². The molecule has 7 heteroatoms. The van der Waals surface area contributed by atoms with Crippen LogP contribution in [0.4, 0.5) is 0 Å². The van der Waals surface area contributed by atoms with Gasteiger partial charge in [-0.2, -0.15) is 0 Å². The average molecular weight is 502 g/mol. The highest BCUT2D eigenvalue weighted by Gasteiger charge is 2.24. The Labute approximate surface area is 213 Å². The third-order valence-corrected chi connectivity index (χ3v) is 6.06. The van der Waals surface area contributed by atoms with Gasteiger partial charge in [-0.05, 0) is 48.0 Å². The van der Waals surface area contributed by atoms with Gasteiger partial charge in [-0.25, -0.2) is 4.79 Å². The third-order valence-electron chi connectivity index (χ3n) is 5.83. The van der Waals surface area contributed by atoms with Crippen molar-refractivity contribution in [1.82, 2.24) is 4.57 Å². The van der Waals surface area contributed by atoms with Gasteiger partial charge in [-0.3, -0.25) is 0 Å². The van der Waals surface area contributed by atoms with Gasteiger partial charge in [0.2, 0.25) is 0 Å². The van der Waals surface area contributed by atoms with E-state index in [0.717, 1.165) is 11.3 Å². The van der Waals surface area contributed by atoms with E-state index in [-0.39, 0.29) is 6.61 Å². The van der Waals surface area contributed by atoms with E-state index >= 15 is 0 Å². The van der Waals surface area contributed by atoms with Gasteiger partial charge in [0.1, 0.15) is 25.9 Å². The second-order valence-corrected chi connectivity index (χ2v) is 8.64. The zero-order chi connectivity index (χ0) is 24.9. The Morgan fingerprint density at radius 1 is 1.00 bits per heavy atom. The molecule has 0 radical (unpaired) electrons. The van der Waals surface area contributed by atoms with Crippen molar-refractivity contribution < 1.29 is 24.1 Å². The fourth-order valence-corrected chi connectivity index (χ4v) is 4.30. The Balaban J connectivity index is 1.42. The number of esters is 1. The molecule has 1 unspecified atom stereocenters. The van der Waals surface area contributed by atoms with Crippen molar-refractivity contribution in [1.29, 1.82) is 0 Å². The van der Waals surface area contributed by atoms with E-state index in [1.807, 2.05) is 77.5 Å². The number of fused-ring (bicyclic) bond motifs is 1. The molecule has 1 aromatic heterocycles. The second-order valence-electron chi connectivity index (χ2n) is 8.21. The molecule has 2 heterocycles. The number of aliphatic hydroxyl groups is 1. The molecule has 4 aromatic rings. The van der Waals surface area contributed by atoms with E-state index < -0.39 is 12.1 Å². The minimum Gasteiger partial charge on any atom is -0.486 e. The minimum atomic E-state index is -1.02. The van der Waals surface area contributed by atoms with Crippen LogP contribution in [0.5, 0.6) is 11.5 Å².